The molecule has 2 heterocycles. The van der Waals surface area contributed by atoms with Crippen molar-refractivity contribution in [2.45, 2.75) is 52.7 Å². The Morgan fingerprint density at radius 3 is 2.89 bits per heavy atom. The molecule has 1 N–H and O–H groups in total. The zero-order valence-corrected chi connectivity index (χ0v) is 12.2. The summed E-state index contributed by atoms with van der Waals surface area (Å²) in [5, 5.41) is 3.40. The maximum atomic E-state index is 4.77. The highest BCUT2D eigenvalue weighted by atomic mass is 15.2. The SMILES string of the molecule is CCc1nc2c(n1CCN(C)C(C)C)CCNC2. The van der Waals surface area contributed by atoms with Gasteiger partial charge in [0.25, 0.3) is 0 Å². The molecule has 4 heteroatoms. The largest absolute Gasteiger partial charge is 0.330 e. The van der Waals surface area contributed by atoms with E-state index in [4.69, 9.17) is 4.98 Å². The fraction of sp³-hybridized carbons (Fsp3) is 0.786. The molecular formula is C14H26N4. The Balaban J connectivity index is 2.13. The zero-order chi connectivity index (χ0) is 13.1. The minimum atomic E-state index is 0.607. The molecular weight excluding hydrogens is 224 g/mol. The van der Waals surface area contributed by atoms with E-state index in [2.05, 4.69) is 42.6 Å². The van der Waals surface area contributed by atoms with Crippen LogP contribution in [0.5, 0.6) is 0 Å². The third kappa shape index (κ3) is 2.75. The highest BCUT2D eigenvalue weighted by molar-refractivity contribution is 5.20. The summed E-state index contributed by atoms with van der Waals surface area (Å²) in [5.74, 6) is 1.25. The number of aryl methyl sites for hydroxylation is 1. The predicted molar refractivity (Wildman–Crippen MR) is 74.8 cm³/mol. The second-order valence-electron chi connectivity index (χ2n) is 5.43. The average molecular weight is 250 g/mol. The molecule has 1 aromatic heterocycles. The third-order valence-electron chi connectivity index (χ3n) is 3.94. The Labute approximate surface area is 110 Å². The molecule has 2 rings (SSSR count). The smallest absolute Gasteiger partial charge is 0.109 e. The number of fused-ring (bicyclic) bond motifs is 1. The van der Waals surface area contributed by atoms with Crippen molar-refractivity contribution in [1.82, 2.24) is 19.8 Å². The molecule has 0 aromatic carbocycles. The quantitative estimate of drug-likeness (QED) is 0.858. The van der Waals surface area contributed by atoms with Crippen LogP contribution in [0.15, 0.2) is 0 Å². The standard InChI is InChI=1S/C14H26N4/c1-5-14-16-12-10-15-7-6-13(12)18(14)9-8-17(4)11(2)3/h11,15H,5-10H2,1-4H3. The summed E-state index contributed by atoms with van der Waals surface area (Å²) in [5.41, 5.74) is 2.73. The van der Waals surface area contributed by atoms with Gasteiger partial charge in [-0.2, -0.15) is 0 Å². The molecule has 18 heavy (non-hydrogen) atoms. The van der Waals surface area contributed by atoms with Crippen LogP contribution in [-0.2, 0) is 25.9 Å². The second kappa shape index (κ2) is 5.85. The lowest BCUT2D eigenvalue weighted by atomic mass is 10.2. The van der Waals surface area contributed by atoms with Crippen LogP contribution in [0.3, 0.4) is 0 Å². The van der Waals surface area contributed by atoms with Crippen molar-refractivity contribution < 1.29 is 0 Å². The molecule has 0 spiro atoms. The molecule has 0 atom stereocenters. The third-order valence-corrected chi connectivity index (χ3v) is 3.94. The molecule has 0 unspecified atom stereocenters. The zero-order valence-electron chi connectivity index (χ0n) is 12.2. The summed E-state index contributed by atoms with van der Waals surface area (Å²) < 4.78 is 2.45. The van der Waals surface area contributed by atoms with E-state index in [0.29, 0.717) is 6.04 Å². The van der Waals surface area contributed by atoms with Gasteiger partial charge in [0.2, 0.25) is 0 Å². The molecule has 0 amide bonds. The van der Waals surface area contributed by atoms with Gasteiger partial charge in [0, 0.05) is 50.8 Å². The molecule has 0 bridgehead atoms. The molecule has 0 saturated carbocycles. The van der Waals surface area contributed by atoms with Gasteiger partial charge in [-0.1, -0.05) is 6.92 Å². The number of nitrogens with one attached hydrogen (secondary N) is 1. The lowest BCUT2D eigenvalue weighted by Gasteiger charge is -2.23. The van der Waals surface area contributed by atoms with E-state index >= 15 is 0 Å². The van der Waals surface area contributed by atoms with Crippen LogP contribution in [0.1, 0.15) is 38.0 Å². The molecule has 1 aromatic rings. The molecule has 0 radical (unpaired) electrons. The van der Waals surface area contributed by atoms with Gasteiger partial charge in [-0.05, 0) is 20.9 Å². The molecule has 102 valence electrons. The lowest BCUT2D eigenvalue weighted by Crippen LogP contribution is -2.31. The van der Waals surface area contributed by atoms with Gasteiger partial charge in [0.1, 0.15) is 5.82 Å². The number of imidazole rings is 1. The molecule has 1 aliphatic heterocycles. The van der Waals surface area contributed by atoms with Gasteiger partial charge in [-0.25, -0.2) is 4.98 Å². The summed E-state index contributed by atoms with van der Waals surface area (Å²) in [6, 6.07) is 0.607. The van der Waals surface area contributed by atoms with Gasteiger partial charge in [0.05, 0.1) is 5.69 Å². The molecule has 0 aliphatic carbocycles. The summed E-state index contributed by atoms with van der Waals surface area (Å²) in [7, 11) is 2.20. The maximum Gasteiger partial charge on any atom is 0.109 e. The van der Waals surface area contributed by atoms with Crippen LogP contribution >= 0.6 is 0 Å². The number of hydrogen-bond acceptors (Lipinski definition) is 3. The molecule has 1 aliphatic rings. The van der Waals surface area contributed by atoms with Crippen molar-refractivity contribution >= 4 is 0 Å². The van der Waals surface area contributed by atoms with Crippen molar-refractivity contribution in [2.24, 2.45) is 0 Å². The molecule has 4 nitrogen and oxygen atoms in total. The van der Waals surface area contributed by atoms with Crippen molar-refractivity contribution in [2.75, 3.05) is 20.1 Å². The summed E-state index contributed by atoms with van der Waals surface area (Å²) in [6.45, 7) is 10.9. The molecule has 0 saturated heterocycles. The highest BCUT2D eigenvalue weighted by Gasteiger charge is 2.18. The minimum absolute atomic E-state index is 0.607. The van der Waals surface area contributed by atoms with Crippen molar-refractivity contribution in [1.29, 1.82) is 0 Å². The van der Waals surface area contributed by atoms with Gasteiger partial charge >= 0.3 is 0 Å². The number of aromatic nitrogens is 2. The van der Waals surface area contributed by atoms with Gasteiger partial charge in [0.15, 0.2) is 0 Å². The summed E-state index contributed by atoms with van der Waals surface area (Å²) >= 11 is 0. The van der Waals surface area contributed by atoms with Crippen LogP contribution in [0.25, 0.3) is 0 Å². The number of rotatable bonds is 5. The predicted octanol–water partition coefficient (Wildman–Crippen LogP) is 1.43. The van der Waals surface area contributed by atoms with Crippen LogP contribution in [0.4, 0.5) is 0 Å². The fourth-order valence-electron chi connectivity index (χ4n) is 2.48. The average Bonchev–Trinajstić information content (AvgIpc) is 2.73. The number of nitrogens with zero attached hydrogens (tertiary/aromatic N) is 3. The maximum absolute atomic E-state index is 4.77. The van der Waals surface area contributed by atoms with E-state index in [1.54, 1.807) is 0 Å². The Bertz CT molecular complexity index is 395. The van der Waals surface area contributed by atoms with Crippen molar-refractivity contribution in [3.8, 4) is 0 Å². The van der Waals surface area contributed by atoms with Crippen molar-refractivity contribution in [3.63, 3.8) is 0 Å². The van der Waals surface area contributed by atoms with E-state index in [0.717, 1.165) is 39.0 Å². The van der Waals surface area contributed by atoms with Gasteiger partial charge in [-0.15, -0.1) is 0 Å². The highest BCUT2D eigenvalue weighted by Crippen LogP contribution is 2.16. The van der Waals surface area contributed by atoms with Gasteiger partial charge in [-0.3, -0.25) is 0 Å². The number of likely N-dealkylation sites (N-methyl/N-ethyl adjacent to an activating group) is 1. The normalized spacial score (nSPS) is 15.4. The van der Waals surface area contributed by atoms with Crippen LogP contribution in [0, 0.1) is 0 Å². The first-order valence-corrected chi connectivity index (χ1v) is 7.11. The Hall–Kier alpha value is -0.870. The van der Waals surface area contributed by atoms with Crippen molar-refractivity contribution in [3.05, 3.63) is 17.2 Å². The van der Waals surface area contributed by atoms with E-state index < -0.39 is 0 Å². The Morgan fingerprint density at radius 2 is 2.22 bits per heavy atom. The van der Waals surface area contributed by atoms with E-state index in [-0.39, 0.29) is 0 Å². The summed E-state index contributed by atoms with van der Waals surface area (Å²) in [4.78, 5) is 7.17. The van der Waals surface area contributed by atoms with E-state index in [1.165, 1.54) is 17.2 Å². The Morgan fingerprint density at radius 1 is 1.44 bits per heavy atom. The van der Waals surface area contributed by atoms with Gasteiger partial charge < -0.3 is 14.8 Å². The summed E-state index contributed by atoms with van der Waals surface area (Å²) in [6.07, 6.45) is 2.14. The van der Waals surface area contributed by atoms with Crippen LogP contribution in [0.2, 0.25) is 0 Å². The van der Waals surface area contributed by atoms with Crippen LogP contribution < -0.4 is 5.32 Å². The Kier molecular flexibility index (Phi) is 4.40. The van der Waals surface area contributed by atoms with E-state index in [1.807, 2.05) is 0 Å². The topological polar surface area (TPSA) is 33.1 Å². The number of hydrogen-bond donors (Lipinski definition) is 1. The monoisotopic (exact) mass is 250 g/mol. The van der Waals surface area contributed by atoms with E-state index in [9.17, 15) is 0 Å². The van der Waals surface area contributed by atoms with Crippen LogP contribution in [-0.4, -0.2) is 40.6 Å². The first kappa shape index (κ1) is 13.6. The second-order valence-corrected chi connectivity index (χ2v) is 5.43. The first-order valence-electron chi connectivity index (χ1n) is 7.11. The molecule has 0 fully saturated rings. The lowest BCUT2D eigenvalue weighted by molar-refractivity contribution is 0.260. The first-order chi connectivity index (χ1) is 8.63. The minimum Gasteiger partial charge on any atom is -0.330 e. The fourth-order valence-corrected chi connectivity index (χ4v) is 2.48.